The molecular formula is C11H11NO. The average molecular weight is 173 g/mol. The van der Waals surface area contributed by atoms with Gasteiger partial charge in [-0.3, -0.25) is 4.99 Å². The number of aryl methyl sites for hydroxylation is 1. The number of hydrogen-bond donors (Lipinski definition) is 1. The molecule has 0 unspecified atom stereocenters. The summed E-state index contributed by atoms with van der Waals surface area (Å²) in [4.78, 5) is 4.36. The van der Waals surface area contributed by atoms with Crippen LogP contribution in [0.5, 0.6) is 5.75 Å². The number of phenolic OH excluding ortho intramolecular Hbond substituents is 1. The average Bonchev–Trinajstić information content (AvgIpc) is 2.44. The number of hydrogen-bond acceptors (Lipinski definition) is 2. The maximum atomic E-state index is 9.52. The maximum absolute atomic E-state index is 9.52. The minimum absolute atomic E-state index is 0.248. The predicted molar refractivity (Wildman–Crippen MR) is 54.8 cm³/mol. The first-order valence-corrected chi connectivity index (χ1v) is 4.18. The Morgan fingerprint density at radius 3 is 2.77 bits per heavy atom. The third kappa shape index (κ3) is 1.06. The number of aromatic hydroxyl groups is 1. The molecule has 2 rings (SSSR count). The SMILES string of the molecule is C=c1c(O)cc(C)c2c1=CC(C)=N2. The van der Waals surface area contributed by atoms with Crippen LogP contribution in [0.1, 0.15) is 12.5 Å². The van der Waals surface area contributed by atoms with Crippen LogP contribution in [0.3, 0.4) is 0 Å². The molecule has 66 valence electrons. The molecule has 0 saturated carbocycles. The normalized spacial score (nSPS) is 13.5. The second-order valence-corrected chi connectivity index (χ2v) is 3.35. The van der Waals surface area contributed by atoms with Crippen molar-refractivity contribution in [1.29, 1.82) is 0 Å². The molecule has 0 saturated heterocycles. The van der Waals surface area contributed by atoms with Crippen molar-refractivity contribution < 1.29 is 5.11 Å². The van der Waals surface area contributed by atoms with Gasteiger partial charge < -0.3 is 5.11 Å². The van der Waals surface area contributed by atoms with Crippen molar-refractivity contribution in [2.45, 2.75) is 13.8 Å². The summed E-state index contributed by atoms with van der Waals surface area (Å²) in [5.74, 6) is 0.248. The summed E-state index contributed by atoms with van der Waals surface area (Å²) in [6.45, 7) is 7.69. The highest BCUT2D eigenvalue weighted by Gasteiger charge is 2.08. The summed E-state index contributed by atoms with van der Waals surface area (Å²) in [5, 5.41) is 11.1. The van der Waals surface area contributed by atoms with Gasteiger partial charge in [-0.1, -0.05) is 6.58 Å². The van der Waals surface area contributed by atoms with Gasteiger partial charge in [-0.25, -0.2) is 0 Å². The lowest BCUT2D eigenvalue weighted by Crippen LogP contribution is -2.23. The van der Waals surface area contributed by atoms with Crippen LogP contribution in [0.15, 0.2) is 11.1 Å². The fraction of sp³-hybridized carbons (Fsp3) is 0.182. The van der Waals surface area contributed by atoms with E-state index in [9.17, 15) is 5.11 Å². The van der Waals surface area contributed by atoms with Gasteiger partial charge in [-0.2, -0.15) is 0 Å². The van der Waals surface area contributed by atoms with Crippen LogP contribution in [0.2, 0.25) is 0 Å². The zero-order chi connectivity index (χ0) is 9.59. The van der Waals surface area contributed by atoms with Gasteiger partial charge in [0, 0.05) is 16.1 Å². The van der Waals surface area contributed by atoms with Crippen LogP contribution < -0.4 is 10.4 Å². The summed E-state index contributed by atoms with van der Waals surface area (Å²) < 4.78 is 0. The summed E-state index contributed by atoms with van der Waals surface area (Å²) in [7, 11) is 0. The highest BCUT2D eigenvalue weighted by molar-refractivity contribution is 6.12. The van der Waals surface area contributed by atoms with Crippen LogP contribution in [0.4, 0.5) is 5.69 Å². The number of benzene rings is 1. The first-order chi connectivity index (χ1) is 6.09. The van der Waals surface area contributed by atoms with Crippen LogP contribution in [-0.2, 0) is 0 Å². The third-order valence-corrected chi connectivity index (χ3v) is 2.26. The van der Waals surface area contributed by atoms with Crippen molar-refractivity contribution in [3.63, 3.8) is 0 Å². The molecule has 1 aliphatic rings. The Morgan fingerprint density at radius 2 is 2.08 bits per heavy atom. The van der Waals surface area contributed by atoms with E-state index < -0.39 is 0 Å². The van der Waals surface area contributed by atoms with Gasteiger partial charge in [0.15, 0.2) is 0 Å². The molecule has 0 spiro atoms. The van der Waals surface area contributed by atoms with Gasteiger partial charge in [0.1, 0.15) is 5.75 Å². The monoisotopic (exact) mass is 173 g/mol. The summed E-state index contributed by atoms with van der Waals surface area (Å²) >= 11 is 0. The van der Waals surface area contributed by atoms with Gasteiger partial charge in [-0.05, 0) is 31.6 Å². The van der Waals surface area contributed by atoms with Crippen molar-refractivity contribution in [3.05, 3.63) is 22.1 Å². The Bertz CT molecular complexity index is 512. The highest BCUT2D eigenvalue weighted by Crippen LogP contribution is 2.18. The van der Waals surface area contributed by atoms with E-state index in [1.807, 2.05) is 19.9 Å². The van der Waals surface area contributed by atoms with E-state index in [0.717, 1.165) is 22.2 Å². The molecule has 1 aromatic rings. The standard InChI is InChI=1S/C11H11NO/c1-6-4-10(13)8(3)9-5-7(2)12-11(6)9/h4-5,13H,3H2,1-2H3. The Labute approximate surface area is 76.6 Å². The molecule has 1 aliphatic heterocycles. The zero-order valence-electron chi connectivity index (χ0n) is 7.76. The summed E-state index contributed by atoms with van der Waals surface area (Å²) in [6, 6.07) is 1.71. The lowest BCUT2D eigenvalue weighted by molar-refractivity contribution is 0.470. The maximum Gasteiger partial charge on any atom is 0.123 e. The molecule has 1 heterocycles. The van der Waals surface area contributed by atoms with Gasteiger partial charge in [0.25, 0.3) is 0 Å². The number of nitrogens with zero attached hydrogens (tertiary/aromatic N) is 1. The van der Waals surface area contributed by atoms with E-state index in [4.69, 9.17) is 0 Å². The lowest BCUT2D eigenvalue weighted by atomic mass is 10.1. The molecule has 13 heavy (non-hydrogen) atoms. The van der Waals surface area contributed by atoms with Crippen LogP contribution in [0, 0.1) is 6.92 Å². The molecule has 0 fully saturated rings. The smallest absolute Gasteiger partial charge is 0.123 e. The Morgan fingerprint density at radius 1 is 1.38 bits per heavy atom. The van der Waals surface area contributed by atoms with Crippen molar-refractivity contribution in [3.8, 4) is 5.75 Å². The fourth-order valence-corrected chi connectivity index (χ4v) is 1.58. The molecule has 0 bridgehead atoms. The molecule has 0 atom stereocenters. The molecule has 1 N–H and O–H groups in total. The molecule has 0 radical (unpaired) electrons. The van der Waals surface area contributed by atoms with E-state index in [2.05, 4.69) is 11.6 Å². The minimum Gasteiger partial charge on any atom is -0.507 e. The Hall–Kier alpha value is -1.57. The largest absolute Gasteiger partial charge is 0.507 e. The number of aliphatic imine (C=N–C) groups is 1. The van der Waals surface area contributed by atoms with Crippen LogP contribution in [0.25, 0.3) is 12.7 Å². The molecule has 0 aliphatic carbocycles. The number of phenols is 1. The van der Waals surface area contributed by atoms with E-state index in [-0.39, 0.29) is 5.75 Å². The van der Waals surface area contributed by atoms with Gasteiger partial charge >= 0.3 is 0 Å². The summed E-state index contributed by atoms with van der Waals surface area (Å²) in [5.41, 5.74) is 2.90. The Kier molecular flexibility index (Phi) is 1.52. The van der Waals surface area contributed by atoms with E-state index in [0.29, 0.717) is 5.22 Å². The first kappa shape index (κ1) is 8.05. The third-order valence-electron chi connectivity index (χ3n) is 2.26. The topological polar surface area (TPSA) is 32.6 Å². The molecule has 1 aromatic carbocycles. The Balaban J connectivity index is 2.95. The van der Waals surface area contributed by atoms with Crippen molar-refractivity contribution >= 4 is 24.1 Å². The highest BCUT2D eigenvalue weighted by atomic mass is 16.3. The number of rotatable bonds is 0. The lowest BCUT2D eigenvalue weighted by Gasteiger charge is -2.00. The van der Waals surface area contributed by atoms with E-state index in [1.54, 1.807) is 6.07 Å². The molecule has 2 heteroatoms. The van der Waals surface area contributed by atoms with Crippen LogP contribution in [-0.4, -0.2) is 10.8 Å². The van der Waals surface area contributed by atoms with Crippen molar-refractivity contribution in [1.82, 2.24) is 0 Å². The molecular weight excluding hydrogens is 162 g/mol. The van der Waals surface area contributed by atoms with E-state index >= 15 is 0 Å². The zero-order valence-corrected chi connectivity index (χ0v) is 7.76. The fourth-order valence-electron chi connectivity index (χ4n) is 1.58. The van der Waals surface area contributed by atoms with E-state index in [1.165, 1.54) is 0 Å². The van der Waals surface area contributed by atoms with Crippen molar-refractivity contribution in [2.24, 2.45) is 4.99 Å². The molecule has 2 nitrogen and oxygen atoms in total. The van der Waals surface area contributed by atoms with Gasteiger partial charge in [0.05, 0.1) is 5.69 Å². The predicted octanol–water partition coefficient (Wildman–Crippen LogP) is 0.997. The molecule has 0 aromatic heterocycles. The van der Waals surface area contributed by atoms with Gasteiger partial charge in [0.2, 0.25) is 0 Å². The van der Waals surface area contributed by atoms with Crippen LogP contribution >= 0.6 is 0 Å². The van der Waals surface area contributed by atoms with Gasteiger partial charge in [-0.15, -0.1) is 0 Å². The second kappa shape index (κ2) is 2.46. The number of fused-ring (bicyclic) bond motifs is 1. The molecule has 0 amide bonds. The summed E-state index contributed by atoms with van der Waals surface area (Å²) in [6.07, 6.45) is 1.95. The van der Waals surface area contributed by atoms with Crippen molar-refractivity contribution in [2.75, 3.05) is 0 Å². The minimum atomic E-state index is 0.248. The first-order valence-electron chi connectivity index (χ1n) is 4.18. The second-order valence-electron chi connectivity index (χ2n) is 3.35. The quantitative estimate of drug-likeness (QED) is 0.623.